The first-order chi connectivity index (χ1) is 12.1. The quantitative estimate of drug-likeness (QED) is 0.707. The predicted octanol–water partition coefficient (Wildman–Crippen LogP) is 4.69. The van der Waals surface area contributed by atoms with Gasteiger partial charge in [0.05, 0.1) is 13.2 Å². The molecule has 0 aliphatic carbocycles. The highest BCUT2D eigenvalue weighted by atomic mass is 35.5. The summed E-state index contributed by atoms with van der Waals surface area (Å²) in [5.74, 6) is -0.0328. The second-order valence-corrected chi connectivity index (χ2v) is 6.95. The molecule has 2 aromatic carbocycles. The molecule has 1 fully saturated rings. The minimum absolute atomic E-state index is 0.0328. The number of ether oxygens (including phenoxy) is 1. The van der Waals surface area contributed by atoms with Crippen LogP contribution in [0.15, 0.2) is 48.5 Å². The molecular weight excluding hydrogens is 359 g/mol. The number of fused-ring (bicyclic) bond motifs is 1. The maximum Gasteiger partial charge on any atom is 0.270 e. The SMILES string of the molecule is O=C(c1cc2cc(Cl)ccc2[nH]1)N1CCOC(c2ccc(Cl)cc2)C1. The fraction of sp³-hybridized carbons (Fsp3) is 0.211. The number of hydrogen-bond acceptors (Lipinski definition) is 2. The van der Waals surface area contributed by atoms with Crippen LogP contribution in [0, 0.1) is 0 Å². The molecule has 1 unspecified atom stereocenters. The number of rotatable bonds is 2. The van der Waals surface area contributed by atoms with Crippen LogP contribution in [0.25, 0.3) is 10.9 Å². The minimum atomic E-state index is -0.145. The summed E-state index contributed by atoms with van der Waals surface area (Å²) in [6, 6.07) is 14.9. The molecule has 1 saturated heterocycles. The Balaban J connectivity index is 1.55. The van der Waals surface area contributed by atoms with Crippen LogP contribution in [0.2, 0.25) is 10.0 Å². The smallest absolute Gasteiger partial charge is 0.270 e. The van der Waals surface area contributed by atoms with E-state index in [1.165, 1.54) is 0 Å². The summed E-state index contributed by atoms with van der Waals surface area (Å²) in [6.07, 6.45) is -0.145. The van der Waals surface area contributed by atoms with E-state index in [0.29, 0.717) is 35.4 Å². The normalized spacial score (nSPS) is 17.8. The number of carbonyl (C=O) groups excluding carboxylic acids is 1. The largest absolute Gasteiger partial charge is 0.370 e. The number of H-pyrrole nitrogens is 1. The van der Waals surface area contributed by atoms with Crippen molar-refractivity contribution in [2.45, 2.75) is 6.10 Å². The van der Waals surface area contributed by atoms with Gasteiger partial charge in [0.1, 0.15) is 11.8 Å². The van der Waals surface area contributed by atoms with Gasteiger partial charge in [-0.05, 0) is 42.0 Å². The van der Waals surface area contributed by atoms with E-state index in [2.05, 4.69) is 4.98 Å². The van der Waals surface area contributed by atoms with Crippen molar-refractivity contribution in [1.29, 1.82) is 0 Å². The standard InChI is InChI=1S/C19H16Cl2N2O2/c20-14-3-1-12(2-4-14)18-11-23(7-8-25-18)19(24)17-10-13-9-15(21)5-6-16(13)22-17/h1-6,9-10,18,22H,7-8,11H2. The highest BCUT2D eigenvalue weighted by molar-refractivity contribution is 6.31. The van der Waals surface area contributed by atoms with Crippen LogP contribution in [0.3, 0.4) is 0 Å². The number of halogens is 2. The predicted molar refractivity (Wildman–Crippen MR) is 99.4 cm³/mol. The first-order valence-electron chi connectivity index (χ1n) is 8.05. The first kappa shape index (κ1) is 16.5. The molecule has 1 atom stereocenters. The van der Waals surface area contributed by atoms with E-state index in [4.69, 9.17) is 27.9 Å². The van der Waals surface area contributed by atoms with Gasteiger partial charge in [0.25, 0.3) is 5.91 Å². The molecule has 6 heteroatoms. The van der Waals surface area contributed by atoms with Crippen LogP contribution in [-0.4, -0.2) is 35.5 Å². The molecule has 1 aromatic heterocycles. The maximum absolute atomic E-state index is 12.9. The van der Waals surface area contributed by atoms with Crippen molar-refractivity contribution >= 4 is 40.0 Å². The lowest BCUT2D eigenvalue weighted by Gasteiger charge is -2.33. The molecule has 1 aliphatic heterocycles. The van der Waals surface area contributed by atoms with Crippen LogP contribution in [0.5, 0.6) is 0 Å². The monoisotopic (exact) mass is 374 g/mol. The van der Waals surface area contributed by atoms with Gasteiger partial charge in [0.15, 0.2) is 0 Å². The molecule has 4 rings (SSSR count). The van der Waals surface area contributed by atoms with Crippen molar-refractivity contribution in [3.05, 3.63) is 69.8 Å². The van der Waals surface area contributed by atoms with Crippen molar-refractivity contribution < 1.29 is 9.53 Å². The molecule has 0 spiro atoms. The summed E-state index contributed by atoms with van der Waals surface area (Å²) < 4.78 is 5.83. The van der Waals surface area contributed by atoms with Crippen molar-refractivity contribution in [2.75, 3.05) is 19.7 Å². The molecule has 25 heavy (non-hydrogen) atoms. The van der Waals surface area contributed by atoms with Gasteiger partial charge in [-0.2, -0.15) is 0 Å². The Morgan fingerprint density at radius 2 is 1.84 bits per heavy atom. The summed E-state index contributed by atoms with van der Waals surface area (Å²) in [5.41, 5.74) is 2.48. The summed E-state index contributed by atoms with van der Waals surface area (Å²) in [6.45, 7) is 1.58. The Hall–Kier alpha value is -2.01. The van der Waals surface area contributed by atoms with E-state index in [-0.39, 0.29) is 12.0 Å². The highest BCUT2D eigenvalue weighted by Crippen LogP contribution is 2.26. The van der Waals surface area contributed by atoms with Crippen LogP contribution in [-0.2, 0) is 4.74 Å². The van der Waals surface area contributed by atoms with Gasteiger partial charge in [-0.15, -0.1) is 0 Å². The zero-order valence-corrected chi connectivity index (χ0v) is 14.8. The van der Waals surface area contributed by atoms with Crippen LogP contribution in [0.4, 0.5) is 0 Å². The summed E-state index contributed by atoms with van der Waals surface area (Å²) in [7, 11) is 0. The molecule has 1 aliphatic rings. The number of aromatic amines is 1. The van der Waals surface area contributed by atoms with E-state index in [0.717, 1.165) is 16.5 Å². The van der Waals surface area contributed by atoms with Crippen LogP contribution in [0.1, 0.15) is 22.2 Å². The van der Waals surface area contributed by atoms with Crippen molar-refractivity contribution in [3.8, 4) is 0 Å². The third-order valence-electron chi connectivity index (χ3n) is 4.41. The number of nitrogens with one attached hydrogen (secondary N) is 1. The third kappa shape index (κ3) is 3.38. The summed E-state index contributed by atoms with van der Waals surface area (Å²) in [4.78, 5) is 17.9. The molecule has 128 valence electrons. The zero-order valence-electron chi connectivity index (χ0n) is 13.3. The topological polar surface area (TPSA) is 45.3 Å². The molecule has 1 N–H and O–H groups in total. The Kier molecular flexibility index (Phi) is 4.42. The van der Waals surface area contributed by atoms with E-state index in [1.807, 2.05) is 47.4 Å². The van der Waals surface area contributed by atoms with Crippen molar-refractivity contribution in [2.24, 2.45) is 0 Å². The second kappa shape index (κ2) is 6.71. The lowest BCUT2D eigenvalue weighted by atomic mass is 10.1. The first-order valence-corrected chi connectivity index (χ1v) is 8.80. The van der Waals surface area contributed by atoms with Crippen LogP contribution < -0.4 is 0 Å². The lowest BCUT2D eigenvalue weighted by Crippen LogP contribution is -2.42. The molecular formula is C19H16Cl2N2O2. The summed E-state index contributed by atoms with van der Waals surface area (Å²) in [5, 5.41) is 2.27. The average molecular weight is 375 g/mol. The fourth-order valence-electron chi connectivity index (χ4n) is 3.10. The fourth-order valence-corrected chi connectivity index (χ4v) is 3.41. The number of morpholine rings is 1. The number of carbonyl (C=O) groups is 1. The van der Waals surface area contributed by atoms with Gasteiger partial charge >= 0.3 is 0 Å². The molecule has 0 saturated carbocycles. The molecule has 1 amide bonds. The number of amides is 1. The average Bonchev–Trinajstić information content (AvgIpc) is 3.05. The van der Waals surface area contributed by atoms with Gasteiger partial charge in [-0.25, -0.2) is 0 Å². The Morgan fingerprint density at radius 1 is 1.08 bits per heavy atom. The second-order valence-electron chi connectivity index (χ2n) is 6.08. The van der Waals surface area contributed by atoms with Crippen molar-refractivity contribution in [3.63, 3.8) is 0 Å². The Labute approximate surface area is 155 Å². The van der Waals surface area contributed by atoms with E-state index >= 15 is 0 Å². The Morgan fingerprint density at radius 3 is 2.64 bits per heavy atom. The number of nitrogens with zero attached hydrogens (tertiary/aromatic N) is 1. The summed E-state index contributed by atoms with van der Waals surface area (Å²) >= 11 is 12.0. The maximum atomic E-state index is 12.9. The third-order valence-corrected chi connectivity index (χ3v) is 4.90. The van der Waals surface area contributed by atoms with Crippen molar-refractivity contribution in [1.82, 2.24) is 9.88 Å². The van der Waals surface area contributed by atoms with E-state index in [1.54, 1.807) is 6.07 Å². The molecule has 3 aromatic rings. The molecule has 0 bridgehead atoms. The molecule has 0 radical (unpaired) electrons. The van der Waals surface area contributed by atoms with E-state index in [9.17, 15) is 4.79 Å². The van der Waals surface area contributed by atoms with Gasteiger partial charge in [0.2, 0.25) is 0 Å². The lowest BCUT2D eigenvalue weighted by molar-refractivity contribution is -0.0229. The minimum Gasteiger partial charge on any atom is -0.370 e. The molecule has 2 heterocycles. The number of aromatic nitrogens is 1. The highest BCUT2D eigenvalue weighted by Gasteiger charge is 2.27. The van der Waals surface area contributed by atoms with Gasteiger partial charge in [-0.1, -0.05) is 35.3 Å². The zero-order chi connectivity index (χ0) is 17.4. The van der Waals surface area contributed by atoms with Gasteiger partial charge in [0, 0.05) is 27.5 Å². The number of benzene rings is 2. The molecule has 4 nitrogen and oxygen atoms in total. The van der Waals surface area contributed by atoms with Gasteiger partial charge < -0.3 is 14.6 Å². The number of hydrogen-bond donors (Lipinski definition) is 1. The van der Waals surface area contributed by atoms with Crippen LogP contribution >= 0.6 is 23.2 Å². The van der Waals surface area contributed by atoms with Gasteiger partial charge in [-0.3, -0.25) is 4.79 Å². The van der Waals surface area contributed by atoms with E-state index < -0.39 is 0 Å². The Bertz CT molecular complexity index is 921.